The minimum absolute atomic E-state index is 0.342. The van der Waals surface area contributed by atoms with E-state index in [4.69, 9.17) is 0 Å². The van der Waals surface area contributed by atoms with Crippen LogP contribution in [0.15, 0.2) is 24.3 Å². The lowest BCUT2D eigenvalue weighted by atomic mass is 10.0. The monoisotopic (exact) mass is 248 g/mol. The zero-order valence-corrected chi connectivity index (χ0v) is 11.5. The molecule has 1 fully saturated rings. The van der Waals surface area contributed by atoms with Gasteiger partial charge in [0, 0.05) is 37.4 Å². The quantitative estimate of drug-likeness (QED) is 0.885. The summed E-state index contributed by atoms with van der Waals surface area (Å²) >= 11 is 0. The predicted octanol–water partition coefficient (Wildman–Crippen LogP) is 2.27. The van der Waals surface area contributed by atoms with Crippen LogP contribution < -0.4 is 4.90 Å². The molecule has 100 valence electrons. The summed E-state index contributed by atoms with van der Waals surface area (Å²) in [4.78, 5) is 4.87. The smallest absolute Gasteiger partial charge is 0.0807 e. The lowest BCUT2D eigenvalue weighted by Crippen LogP contribution is -2.46. The minimum atomic E-state index is -0.342. The van der Waals surface area contributed by atoms with Gasteiger partial charge in [0.25, 0.3) is 0 Å². The largest absolute Gasteiger partial charge is 0.388 e. The van der Waals surface area contributed by atoms with Crippen molar-refractivity contribution in [2.45, 2.75) is 26.4 Å². The first kappa shape index (κ1) is 13.4. The molecule has 1 N–H and O–H groups in total. The number of rotatable bonds is 4. The van der Waals surface area contributed by atoms with Gasteiger partial charge in [-0.2, -0.15) is 0 Å². The van der Waals surface area contributed by atoms with Gasteiger partial charge in [0.2, 0.25) is 0 Å². The van der Waals surface area contributed by atoms with Crippen LogP contribution >= 0.6 is 0 Å². The molecule has 1 aliphatic heterocycles. The van der Waals surface area contributed by atoms with E-state index in [0.717, 1.165) is 44.7 Å². The first-order chi connectivity index (χ1) is 8.76. The van der Waals surface area contributed by atoms with E-state index in [1.165, 1.54) is 5.69 Å². The van der Waals surface area contributed by atoms with Crippen molar-refractivity contribution in [1.82, 2.24) is 4.90 Å². The van der Waals surface area contributed by atoms with Crippen LogP contribution in [-0.2, 0) is 0 Å². The van der Waals surface area contributed by atoms with E-state index in [-0.39, 0.29) is 6.10 Å². The van der Waals surface area contributed by atoms with E-state index in [1.54, 1.807) is 0 Å². The fraction of sp³-hybridized carbons (Fsp3) is 0.600. The number of benzene rings is 1. The van der Waals surface area contributed by atoms with E-state index in [9.17, 15) is 5.11 Å². The van der Waals surface area contributed by atoms with Crippen molar-refractivity contribution in [2.75, 3.05) is 37.6 Å². The number of para-hydroxylation sites is 1. The zero-order chi connectivity index (χ0) is 13.0. The summed E-state index contributed by atoms with van der Waals surface area (Å²) in [5.74, 6) is 0. The fourth-order valence-corrected chi connectivity index (χ4v) is 2.58. The topological polar surface area (TPSA) is 26.7 Å². The molecule has 1 aliphatic rings. The van der Waals surface area contributed by atoms with Gasteiger partial charge in [-0.1, -0.05) is 32.0 Å². The van der Waals surface area contributed by atoms with E-state index >= 15 is 0 Å². The van der Waals surface area contributed by atoms with Crippen molar-refractivity contribution in [1.29, 1.82) is 0 Å². The molecule has 1 saturated heterocycles. The summed E-state index contributed by atoms with van der Waals surface area (Å²) < 4.78 is 0. The molecular weight excluding hydrogens is 224 g/mol. The van der Waals surface area contributed by atoms with Crippen molar-refractivity contribution in [2.24, 2.45) is 0 Å². The molecule has 0 bridgehead atoms. The lowest BCUT2D eigenvalue weighted by Gasteiger charge is -2.37. The van der Waals surface area contributed by atoms with Gasteiger partial charge in [0.05, 0.1) is 6.10 Å². The van der Waals surface area contributed by atoms with E-state index < -0.39 is 0 Å². The van der Waals surface area contributed by atoms with Crippen molar-refractivity contribution >= 4 is 5.69 Å². The van der Waals surface area contributed by atoms with Gasteiger partial charge in [-0.25, -0.2) is 0 Å². The van der Waals surface area contributed by atoms with Crippen LogP contribution in [0.3, 0.4) is 0 Å². The third-order valence-corrected chi connectivity index (χ3v) is 3.84. The number of likely N-dealkylation sites (N-methyl/N-ethyl adjacent to an activating group) is 1. The van der Waals surface area contributed by atoms with Crippen LogP contribution in [0.1, 0.15) is 31.9 Å². The van der Waals surface area contributed by atoms with Gasteiger partial charge >= 0.3 is 0 Å². The van der Waals surface area contributed by atoms with E-state index in [2.05, 4.69) is 34.9 Å². The Morgan fingerprint density at radius 3 is 2.39 bits per heavy atom. The van der Waals surface area contributed by atoms with E-state index in [0.29, 0.717) is 0 Å². The number of piperazine rings is 1. The molecule has 3 heteroatoms. The second-order valence-electron chi connectivity index (χ2n) is 4.90. The number of anilines is 1. The highest BCUT2D eigenvalue weighted by Crippen LogP contribution is 2.28. The highest BCUT2D eigenvalue weighted by Gasteiger charge is 2.19. The number of hydrogen-bond donors (Lipinski definition) is 1. The average molecular weight is 248 g/mol. The van der Waals surface area contributed by atoms with Crippen molar-refractivity contribution in [3.05, 3.63) is 29.8 Å². The molecule has 1 aromatic carbocycles. The maximum atomic E-state index is 10.1. The molecule has 1 atom stereocenters. The minimum Gasteiger partial charge on any atom is -0.388 e. The fourth-order valence-electron chi connectivity index (χ4n) is 2.58. The summed E-state index contributed by atoms with van der Waals surface area (Å²) in [6.45, 7) is 9.72. The maximum absolute atomic E-state index is 10.1. The van der Waals surface area contributed by atoms with Gasteiger partial charge in [-0.3, -0.25) is 0 Å². The Hall–Kier alpha value is -1.06. The Morgan fingerprint density at radius 2 is 1.78 bits per heavy atom. The van der Waals surface area contributed by atoms with Gasteiger partial charge < -0.3 is 14.9 Å². The molecule has 1 aromatic rings. The molecule has 1 heterocycles. The maximum Gasteiger partial charge on any atom is 0.0807 e. The molecule has 3 nitrogen and oxygen atoms in total. The van der Waals surface area contributed by atoms with Crippen molar-refractivity contribution in [3.63, 3.8) is 0 Å². The van der Waals surface area contributed by atoms with Crippen molar-refractivity contribution in [3.8, 4) is 0 Å². The summed E-state index contributed by atoms with van der Waals surface area (Å²) in [6, 6.07) is 8.26. The Kier molecular flexibility index (Phi) is 4.61. The van der Waals surface area contributed by atoms with Gasteiger partial charge in [-0.15, -0.1) is 0 Å². The Labute approximate surface area is 110 Å². The average Bonchev–Trinajstić information content (AvgIpc) is 2.46. The van der Waals surface area contributed by atoms with Crippen LogP contribution in [0.4, 0.5) is 5.69 Å². The van der Waals surface area contributed by atoms with Gasteiger partial charge in [0.1, 0.15) is 0 Å². The summed E-state index contributed by atoms with van der Waals surface area (Å²) in [5, 5.41) is 10.1. The number of aliphatic hydroxyl groups excluding tert-OH is 1. The van der Waals surface area contributed by atoms with Crippen LogP contribution in [-0.4, -0.2) is 42.7 Å². The standard InChI is InChI=1S/C15H24N2O/c1-3-15(18)13-7-5-6-8-14(13)17-11-9-16(4-2)10-12-17/h5-8,15,18H,3-4,9-12H2,1-2H3/t15-/m0/s1. The molecule has 2 rings (SSSR count). The molecule has 0 saturated carbocycles. The van der Waals surface area contributed by atoms with Crippen molar-refractivity contribution < 1.29 is 5.11 Å². The Bertz CT molecular complexity index is 373. The van der Waals surface area contributed by atoms with Gasteiger partial charge in [0.15, 0.2) is 0 Å². The molecule has 0 spiro atoms. The normalized spacial score (nSPS) is 18.9. The summed E-state index contributed by atoms with van der Waals surface area (Å²) in [7, 11) is 0. The summed E-state index contributed by atoms with van der Waals surface area (Å²) in [6.07, 6.45) is 0.428. The highest BCUT2D eigenvalue weighted by atomic mass is 16.3. The molecule has 18 heavy (non-hydrogen) atoms. The number of aliphatic hydroxyl groups is 1. The third kappa shape index (κ3) is 2.85. The molecule has 0 unspecified atom stereocenters. The molecule has 0 aromatic heterocycles. The first-order valence-corrected chi connectivity index (χ1v) is 7.00. The first-order valence-electron chi connectivity index (χ1n) is 7.00. The second kappa shape index (κ2) is 6.21. The molecule has 0 amide bonds. The lowest BCUT2D eigenvalue weighted by molar-refractivity contribution is 0.173. The van der Waals surface area contributed by atoms with Crippen LogP contribution in [0.25, 0.3) is 0 Å². The number of hydrogen-bond acceptors (Lipinski definition) is 3. The SMILES string of the molecule is CC[C@H](O)c1ccccc1N1CCN(CC)CC1. The molecular formula is C15H24N2O. The van der Waals surface area contributed by atoms with Crippen LogP contribution in [0.2, 0.25) is 0 Å². The molecule has 0 radical (unpaired) electrons. The van der Waals surface area contributed by atoms with E-state index in [1.807, 2.05) is 13.0 Å². The summed E-state index contributed by atoms with van der Waals surface area (Å²) in [5.41, 5.74) is 2.28. The van der Waals surface area contributed by atoms with Crippen LogP contribution in [0, 0.1) is 0 Å². The van der Waals surface area contributed by atoms with Gasteiger partial charge in [-0.05, 0) is 19.0 Å². The van der Waals surface area contributed by atoms with Crippen LogP contribution in [0.5, 0.6) is 0 Å². The highest BCUT2D eigenvalue weighted by molar-refractivity contribution is 5.55. The Balaban J connectivity index is 2.13. The molecule has 0 aliphatic carbocycles. The Morgan fingerprint density at radius 1 is 1.11 bits per heavy atom. The predicted molar refractivity (Wildman–Crippen MR) is 76.0 cm³/mol. The second-order valence-corrected chi connectivity index (χ2v) is 4.90. The zero-order valence-electron chi connectivity index (χ0n) is 11.5. The third-order valence-electron chi connectivity index (χ3n) is 3.84. The number of nitrogens with zero attached hydrogens (tertiary/aromatic N) is 2.